The van der Waals surface area contributed by atoms with Gasteiger partial charge < -0.3 is 9.73 Å². The Labute approximate surface area is 155 Å². The number of aromatic amines is 1. The van der Waals surface area contributed by atoms with E-state index in [1.807, 2.05) is 0 Å². The number of carbonyl (C=O) groups is 1. The molecular formula is C19H21N5O3. The predicted molar refractivity (Wildman–Crippen MR) is 98.3 cm³/mol. The Morgan fingerprint density at radius 2 is 2.19 bits per heavy atom. The topological polar surface area (TPSA) is 106 Å². The van der Waals surface area contributed by atoms with E-state index in [2.05, 4.69) is 20.5 Å². The highest BCUT2D eigenvalue weighted by molar-refractivity contribution is 5.93. The molecule has 0 aromatic carbocycles. The average Bonchev–Trinajstić information content (AvgIpc) is 3.43. The Kier molecular flexibility index (Phi) is 4.86. The highest BCUT2D eigenvalue weighted by Gasteiger charge is 2.19. The van der Waals surface area contributed by atoms with Crippen LogP contribution in [0.2, 0.25) is 0 Å². The first kappa shape index (κ1) is 17.3. The molecule has 0 radical (unpaired) electrons. The number of furan rings is 1. The van der Waals surface area contributed by atoms with Gasteiger partial charge in [-0.15, -0.1) is 0 Å². The van der Waals surface area contributed by atoms with Gasteiger partial charge in [-0.25, -0.2) is 4.98 Å². The van der Waals surface area contributed by atoms with Gasteiger partial charge in [-0.05, 0) is 25.0 Å². The van der Waals surface area contributed by atoms with Crippen molar-refractivity contribution in [2.45, 2.75) is 38.1 Å². The van der Waals surface area contributed by atoms with E-state index in [0.29, 0.717) is 30.5 Å². The summed E-state index contributed by atoms with van der Waals surface area (Å²) < 4.78 is 6.77. The standard InChI is InChI=1S/C19H21N5O3/c25-18-11-14(13-4-1-2-5-13)21-12-24(18)8-7-20-19(26)16-10-15(22-23-16)17-6-3-9-27-17/h3,6,9-13H,1-2,4-5,7-8H2,(H,20,26)(H,22,23). The molecule has 1 saturated carbocycles. The summed E-state index contributed by atoms with van der Waals surface area (Å²) in [5.41, 5.74) is 1.71. The maximum Gasteiger partial charge on any atom is 0.271 e. The van der Waals surface area contributed by atoms with Gasteiger partial charge in [-0.3, -0.25) is 19.3 Å². The first-order valence-corrected chi connectivity index (χ1v) is 9.14. The molecular weight excluding hydrogens is 346 g/mol. The summed E-state index contributed by atoms with van der Waals surface area (Å²) in [7, 11) is 0. The van der Waals surface area contributed by atoms with Crippen molar-refractivity contribution in [3.8, 4) is 11.5 Å². The van der Waals surface area contributed by atoms with Crippen LogP contribution in [0.4, 0.5) is 0 Å². The molecule has 0 atom stereocenters. The molecule has 1 fully saturated rings. The maximum absolute atomic E-state index is 12.3. The predicted octanol–water partition coefficient (Wildman–Crippen LogP) is 2.31. The Hall–Kier alpha value is -3.16. The van der Waals surface area contributed by atoms with Crippen molar-refractivity contribution in [2.75, 3.05) is 6.54 Å². The van der Waals surface area contributed by atoms with Gasteiger partial charge in [0.1, 0.15) is 5.69 Å². The summed E-state index contributed by atoms with van der Waals surface area (Å²) in [4.78, 5) is 28.9. The molecule has 4 rings (SSSR count). The van der Waals surface area contributed by atoms with Crippen LogP contribution in [0.3, 0.4) is 0 Å². The molecule has 0 spiro atoms. The number of carbonyl (C=O) groups excluding carboxylic acids is 1. The summed E-state index contributed by atoms with van der Waals surface area (Å²) in [6.07, 6.45) is 7.75. The van der Waals surface area contributed by atoms with Crippen LogP contribution < -0.4 is 10.9 Å². The van der Waals surface area contributed by atoms with E-state index < -0.39 is 0 Å². The fraction of sp³-hybridized carbons (Fsp3) is 0.368. The van der Waals surface area contributed by atoms with E-state index in [1.54, 1.807) is 36.9 Å². The van der Waals surface area contributed by atoms with Crippen LogP contribution in [0, 0.1) is 0 Å². The summed E-state index contributed by atoms with van der Waals surface area (Å²) in [6, 6.07) is 6.79. The molecule has 3 aromatic rings. The van der Waals surface area contributed by atoms with Crippen molar-refractivity contribution >= 4 is 5.91 Å². The third-order valence-corrected chi connectivity index (χ3v) is 4.91. The van der Waals surface area contributed by atoms with Gasteiger partial charge in [0.25, 0.3) is 11.5 Å². The second kappa shape index (κ2) is 7.61. The van der Waals surface area contributed by atoms with E-state index >= 15 is 0 Å². The van der Waals surface area contributed by atoms with Gasteiger partial charge in [-0.1, -0.05) is 12.8 Å². The van der Waals surface area contributed by atoms with Gasteiger partial charge in [0.15, 0.2) is 11.5 Å². The molecule has 1 amide bonds. The van der Waals surface area contributed by atoms with Crippen molar-refractivity contribution in [3.63, 3.8) is 0 Å². The van der Waals surface area contributed by atoms with E-state index in [-0.39, 0.29) is 17.2 Å². The highest BCUT2D eigenvalue weighted by atomic mass is 16.3. The molecule has 2 N–H and O–H groups in total. The lowest BCUT2D eigenvalue weighted by molar-refractivity contribution is 0.0947. The Morgan fingerprint density at radius 3 is 2.93 bits per heavy atom. The third kappa shape index (κ3) is 3.84. The van der Waals surface area contributed by atoms with Crippen LogP contribution in [0.25, 0.3) is 11.5 Å². The zero-order valence-electron chi connectivity index (χ0n) is 14.9. The van der Waals surface area contributed by atoms with Crippen LogP contribution in [-0.4, -0.2) is 32.2 Å². The van der Waals surface area contributed by atoms with Crippen LogP contribution in [0.1, 0.15) is 47.8 Å². The van der Waals surface area contributed by atoms with Crippen LogP contribution >= 0.6 is 0 Å². The highest BCUT2D eigenvalue weighted by Crippen LogP contribution is 2.32. The summed E-state index contributed by atoms with van der Waals surface area (Å²) in [5, 5.41) is 9.53. The number of rotatable bonds is 6. The van der Waals surface area contributed by atoms with Gasteiger partial charge in [0.05, 0.1) is 18.3 Å². The number of H-pyrrole nitrogens is 1. The number of hydrogen-bond donors (Lipinski definition) is 2. The SMILES string of the molecule is O=C(NCCn1cnc(C2CCCC2)cc1=O)c1cc(-c2ccco2)[nH]n1. The number of hydrogen-bond acceptors (Lipinski definition) is 5. The lowest BCUT2D eigenvalue weighted by Gasteiger charge is -2.10. The number of nitrogens with one attached hydrogen (secondary N) is 2. The van der Waals surface area contributed by atoms with E-state index in [0.717, 1.165) is 18.5 Å². The minimum absolute atomic E-state index is 0.0824. The van der Waals surface area contributed by atoms with Gasteiger partial charge in [0, 0.05) is 31.1 Å². The van der Waals surface area contributed by atoms with Crippen molar-refractivity contribution < 1.29 is 9.21 Å². The Morgan fingerprint density at radius 1 is 1.33 bits per heavy atom. The van der Waals surface area contributed by atoms with E-state index in [1.165, 1.54) is 17.4 Å². The van der Waals surface area contributed by atoms with Gasteiger partial charge >= 0.3 is 0 Å². The molecule has 0 bridgehead atoms. The smallest absolute Gasteiger partial charge is 0.271 e. The largest absolute Gasteiger partial charge is 0.463 e. The number of aromatic nitrogens is 4. The normalized spacial score (nSPS) is 14.5. The lowest BCUT2D eigenvalue weighted by Crippen LogP contribution is -2.31. The zero-order chi connectivity index (χ0) is 18.6. The van der Waals surface area contributed by atoms with Gasteiger partial charge in [0.2, 0.25) is 0 Å². The quantitative estimate of drug-likeness (QED) is 0.695. The Balaban J connectivity index is 1.33. The first-order valence-electron chi connectivity index (χ1n) is 9.14. The van der Waals surface area contributed by atoms with Crippen molar-refractivity contribution in [1.29, 1.82) is 0 Å². The molecule has 1 aliphatic rings. The van der Waals surface area contributed by atoms with Crippen molar-refractivity contribution in [2.24, 2.45) is 0 Å². The summed E-state index contributed by atoms with van der Waals surface area (Å²) in [5.74, 6) is 0.712. The van der Waals surface area contributed by atoms with Crippen molar-refractivity contribution in [1.82, 2.24) is 25.1 Å². The molecule has 0 aliphatic heterocycles. The molecule has 3 aromatic heterocycles. The Bertz CT molecular complexity index is 967. The summed E-state index contributed by atoms with van der Waals surface area (Å²) in [6.45, 7) is 0.671. The van der Waals surface area contributed by atoms with Crippen LogP contribution in [0.5, 0.6) is 0 Å². The molecule has 140 valence electrons. The molecule has 8 nitrogen and oxygen atoms in total. The average molecular weight is 367 g/mol. The number of nitrogens with zero attached hydrogens (tertiary/aromatic N) is 3. The second-order valence-corrected chi connectivity index (χ2v) is 6.73. The minimum Gasteiger partial charge on any atom is -0.463 e. The lowest BCUT2D eigenvalue weighted by atomic mass is 10.0. The van der Waals surface area contributed by atoms with E-state index in [9.17, 15) is 9.59 Å². The third-order valence-electron chi connectivity index (χ3n) is 4.91. The summed E-state index contributed by atoms with van der Waals surface area (Å²) >= 11 is 0. The monoisotopic (exact) mass is 367 g/mol. The molecule has 0 unspecified atom stereocenters. The molecule has 3 heterocycles. The zero-order valence-corrected chi connectivity index (χ0v) is 14.9. The van der Waals surface area contributed by atoms with Crippen molar-refractivity contribution in [3.05, 3.63) is 58.6 Å². The molecule has 27 heavy (non-hydrogen) atoms. The maximum atomic E-state index is 12.3. The number of amides is 1. The molecule has 1 aliphatic carbocycles. The van der Waals surface area contributed by atoms with E-state index in [4.69, 9.17) is 4.42 Å². The molecule has 8 heteroatoms. The fourth-order valence-corrected chi connectivity index (χ4v) is 3.43. The molecule has 0 saturated heterocycles. The van der Waals surface area contributed by atoms with Crippen LogP contribution in [0.15, 0.2) is 46.1 Å². The minimum atomic E-state index is -0.312. The first-order chi connectivity index (χ1) is 13.2. The second-order valence-electron chi connectivity index (χ2n) is 6.73. The van der Waals surface area contributed by atoms with Crippen LogP contribution in [-0.2, 0) is 6.54 Å². The fourth-order valence-electron chi connectivity index (χ4n) is 3.43. The van der Waals surface area contributed by atoms with Gasteiger partial charge in [-0.2, -0.15) is 5.10 Å².